The molecule has 3 heteroatoms. The van der Waals surface area contributed by atoms with Crippen molar-refractivity contribution in [3.8, 4) is 0 Å². The van der Waals surface area contributed by atoms with Gasteiger partial charge in [0.05, 0.1) is 5.60 Å². The van der Waals surface area contributed by atoms with Crippen LogP contribution in [0.15, 0.2) is 18.2 Å². The number of ether oxygens (including phenoxy) is 1. The Balaban J connectivity index is 2.26. The first-order chi connectivity index (χ1) is 7.59. The molecule has 1 N–H and O–H groups in total. The Kier molecular flexibility index (Phi) is 3.00. The van der Waals surface area contributed by atoms with Crippen LogP contribution in [0.1, 0.15) is 36.5 Å². The zero-order chi connectivity index (χ0) is 11.8. The van der Waals surface area contributed by atoms with Gasteiger partial charge in [0.15, 0.2) is 0 Å². The van der Waals surface area contributed by atoms with Crippen LogP contribution in [0.2, 0.25) is 0 Å². The van der Waals surface area contributed by atoms with Gasteiger partial charge < -0.3 is 9.84 Å². The molecule has 1 aliphatic carbocycles. The largest absolute Gasteiger partial charge is 0.385 e. The molecule has 0 bridgehead atoms. The lowest BCUT2D eigenvalue weighted by molar-refractivity contribution is -0.151. The van der Waals surface area contributed by atoms with Crippen molar-refractivity contribution in [2.24, 2.45) is 0 Å². The molecule has 1 unspecified atom stereocenters. The van der Waals surface area contributed by atoms with Gasteiger partial charge in [-0.1, -0.05) is 12.1 Å². The van der Waals surface area contributed by atoms with Crippen molar-refractivity contribution in [2.45, 2.75) is 37.9 Å². The van der Waals surface area contributed by atoms with Crippen LogP contribution < -0.4 is 0 Å². The minimum Gasteiger partial charge on any atom is -0.385 e. The van der Waals surface area contributed by atoms with Crippen LogP contribution in [-0.4, -0.2) is 17.8 Å². The van der Waals surface area contributed by atoms with Crippen molar-refractivity contribution >= 4 is 0 Å². The van der Waals surface area contributed by atoms with E-state index in [4.69, 9.17) is 4.74 Å². The summed E-state index contributed by atoms with van der Waals surface area (Å²) in [5.74, 6) is -0.276. The third-order valence-corrected chi connectivity index (χ3v) is 3.62. The molecule has 0 saturated heterocycles. The van der Waals surface area contributed by atoms with Crippen LogP contribution >= 0.6 is 0 Å². The molecular formula is C13H17FO2. The quantitative estimate of drug-likeness (QED) is 0.855. The third-order valence-electron chi connectivity index (χ3n) is 3.62. The summed E-state index contributed by atoms with van der Waals surface area (Å²) in [5.41, 5.74) is 0.697. The monoisotopic (exact) mass is 224 g/mol. The summed E-state index contributed by atoms with van der Waals surface area (Å²) in [4.78, 5) is 0. The van der Waals surface area contributed by atoms with Crippen molar-refractivity contribution in [1.29, 1.82) is 0 Å². The molecule has 0 amide bonds. The number of aliphatic hydroxyl groups excluding tert-OH is 1. The van der Waals surface area contributed by atoms with Crippen LogP contribution in [-0.2, 0) is 4.74 Å². The fourth-order valence-electron chi connectivity index (χ4n) is 2.20. The summed E-state index contributed by atoms with van der Waals surface area (Å²) >= 11 is 0. The number of rotatable bonds is 3. The molecule has 1 atom stereocenters. The second kappa shape index (κ2) is 4.15. The SMILES string of the molecule is COC1(C(O)c2ccc(C)c(F)c2)CCC1. The topological polar surface area (TPSA) is 29.5 Å². The lowest BCUT2D eigenvalue weighted by Crippen LogP contribution is -2.45. The highest BCUT2D eigenvalue weighted by Gasteiger charge is 2.44. The highest BCUT2D eigenvalue weighted by molar-refractivity contribution is 5.27. The average molecular weight is 224 g/mol. The standard InChI is InChI=1S/C13H17FO2/c1-9-4-5-10(8-11(9)14)12(15)13(16-2)6-3-7-13/h4-5,8,12,15H,3,6-7H2,1-2H3. The molecule has 1 aromatic carbocycles. The van der Waals surface area contributed by atoms with Gasteiger partial charge in [-0.25, -0.2) is 4.39 Å². The third kappa shape index (κ3) is 1.74. The van der Waals surface area contributed by atoms with E-state index in [9.17, 15) is 9.50 Å². The second-order valence-electron chi connectivity index (χ2n) is 4.53. The van der Waals surface area contributed by atoms with Crippen molar-refractivity contribution in [1.82, 2.24) is 0 Å². The molecule has 1 fully saturated rings. The molecule has 0 heterocycles. The van der Waals surface area contributed by atoms with Gasteiger partial charge in [0.1, 0.15) is 11.9 Å². The van der Waals surface area contributed by atoms with Gasteiger partial charge in [0.25, 0.3) is 0 Å². The normalized spacial score (nSPS) is 20.2. The highest BCUT2D eigenvalue weighted by Crippen LogP contribution is 2.44. The van der Waals surface area contributed by atoms with Crippen molar-refractivity contribution < 1.29 is 14.2 Å². The van der Waals surface area contributed by atoms with Gasteiger partial charge >= 0.3 is 0 Å². The first-order valence-corrected chi connectivity index (χ1v) is 5.58. The Hall–Kier alpha value is -0.930. The van der Waals surface area contributed by atoms with E-state index < -0.39 is 11.7 Å². The van der Waals surface area contributed by atoms with E-state index >= 15 is 0 Å². The summed E-state index contributed by atoms with van der Waals surface area (Å²) in [7, 11) is 1.60. The Morgan fingerprint density at radius 1 is 1.44 bits per heavy atom. The van der Waals surface area contributed by atoms with Crippen molar-refractivity contribution in [3.63, 3.8) is 0 Å². The van der Waals surface area contributed by atoms with Crippen LogP contribution in [0.4, 0.5) is 4.39 Å². The molecule has 0 aromatic heterocycles. The summed E-state index contributed by atoms with van der Waals surface area (Å²) < 4.78 is 18.8. The zero-order valence-corrected chi connectivity index (χ0v) is 9.66. The maximum atomic E-state index is 13.4. The van der Waals surface area contributed by atoms with Gasteiger partial charge in [-0.2, -0.15) is 0 Å². The smallest absolute Gasteiger partial charge is 0.126 e. The van der Waals surface area contributed by atoms with Gasteiger partial charge in [-0.3, -0.25) is 0 Å². The zero-order valence-electron chi connectivity index (χ0n) is 9.66. The van der Waals surface area contributed by atoms with Crippen LogP contribution in [0, 0.1) is 12.7 Å². The Labute approximate surface area is 95.1 Å². The van der Waals surface area contributed by atoms with Gasteiger partial charge in [0, 0.05) is 7.11 Å². The van der Waals surface area contributed by atoms with Crippen LogP contribution in [0.3, 0.4) is 0 Å². The minimum absolute atomic E-state index is 0.276. The number of aliphatic hydroxyl groups is 1. The first kappa shape index (κ1) is 11.6. The molecule has 88 valence electrons. The van der Waals surface area contributed by atoms with Crippen molar-refractivity contribution in [2.75, 3.05) is 7.11 Å². The number of halogens is 1. The summed E-state index contributed by atoms with van der Waals surface area (Å²) in [6.07, 6.45) is 1.99. The van der Waals surface area contributed by atoms with E-state index in [1.807, 2.05) is 0 Å². The molecule has 0 aliphatic heterocycles. The number of hydrogen-bond acceptors (Lipinski definition) is 2. The minimum atomic E-state index is -0.735. The Morgan fingerprint density at radius 2 is 2.12 bits per heavy atom. The van der Waals surface area contributed by atoms with Gasteiger partial charge in [-0.15, -0.1) is 0 Å². The molecule has 1 aromatic rings. The molecule has 1 saturated carbocycles. The van der Waals surface area contributed by atoms with E-state index in [1.54, 1.807) is 26.2 Å². The highest BCUT2D eigenvalue weighted by atomic mass is 19.1. The second-order valence-corrected chi connectivity index (χ2v) is 4.53. The van der Waals surface area contributed by atoms with E-state index in [1.165, 1.54) is 6.07 Å². The fraction of sp³-hybridized carbons (Fsp3) is 0.538. The molecule has 16 heavy (non-hydrogen) atoms. The maximum Gasteiger partial charge on any atom is 0.126 e. The Morgan fingerprint density at radius 3 is 2.56 bits per heavy atom. The average Bonchev–Trinajstić information content (AvgIpc) is 2.21. The predicted molar refractivity (Wildman–Crippen MR) is 59.7 cm³/mol. The van der Waals surface area contributed by atoms with Crippen molar-refractivity contribution in [3.05, 3.63) is 35.1 Å². The first-order valence-electron chi connectivity index (χ1n) is 5.58. The van der Waals surface area contributed by atoms with Gasteiger partial charge in [0.2, 0.25) is 0 Å². The molecule has 1 aliphatic rings. The molecule has 0 radical (unpaired) electrons. The number of methoxy groups -OCH3 is 1. The molecule has 2 nitrogen and oxygen atoms in total. The van der Waals surface area contributed by atoms with E-state index in [2.05, 4.69) is 0 Å². The molecule has 0 spiro atoms. The predicted octanol–water partition coefficient (Wildman–Crippen LogP) is 2.74. The summed E-state index contributed by atoms with van der Waals surface area (Å²) in [6.45, 7) is 1.71. The molecule has 2 rings (SSSR count). The molecular weight excluding hydrogens is 207 g/mol. The van der Waals surface area contributed by atoms with Crippen LogP contribution in [0.5, 0.6) is 0 Å². The van der Waals surface area contributed by atoms with E-state index in [-0.39, 0.29) is 5.82 Å². The van der Waals surface area contributed by atoms with E-state index in [0.717, 1.165) is 19.3 Å². The lowest BCUT2D eigenvalue weighted by Gasteiger charge is -2.44. The van der Waals surface area contributed by atoms with Crippen LogP contribution in [0.25, 0.3) is 0 Å². The fourth-order valence-corrected chi connectivity index (χ4v) is 2.20. The van der Waals surface area contributed by atoms with E-state index in [0.29, 0.717) is 11.1 Å². The maximum absolute atomic E-state index is 13.4. The summed E-state index contributed by atoms with van der Waals surface area (Å²) in [5, 5.41) is 10.2. The number of benzene rings is 1. The number of hydrogen-bond donors (Lipinski definition) is 1. The lowest BCUT2D eigenvalue weighted by atomic mass is 9.73. The number of aryl methyl sites for hydroxylation is 1. The van der Waals surface area contributed by atoms with Gasteiger partial charge in [-0.05, 0) is 43.4 Å². The Bertz CT molecular complexity index is 380. The summed E-state index contributed by atoms with van der Waals surface area (Å²) in [6, 6.07) is 4.86.